The molecule has 150 valence electrons. The molecule has 0 saturated carbocycles. The second-order valence-corrected chi connectivity index (χ2v) is 8.49. The van der Waals surface area contributed by atoms with Crippen molar-refractivity contribution in [2.45, 2.75) is 49.8 Å². The Labute approximate surface area is 166 Å². The van der Waals surface area contributed by atoms with E-state index in [0.717, 1.165) is 19.3 Å². The van der Waals surface area contributed by atoms with Crippen molar-refractivity contribution in [2.75, 3.05) is 6.54 Å². The number of piperidine rings is 1. The monoisotopic (exact) mass is 415 g/mol. The van der Waals surface area contributed by atoms with Crippen molar-refractivity contribution < 1.29 is 13.2 Å². The lowest BCUT2D eigenvalue weighted by Gasteiger charge is -2.36. The summed E-state index contributed by atoms with van der Waals surface area (Å²) in [4.78, 5) is 4.35. The van der Waals surface area contributed by atoms with Gasteiger partial charge in [0.25, 0.3) is 0 Å². The van der Waals surface area contributed by atoms with Crippen LogP contribution in [-0.4, -0.2) is 46.1 Å². The Morgan fingerprint density at radius 2 is 2.00 bits per heavy atom. The maximum absolute atomic E-state index is 13.0. The van der Waals surface area contributed by atoms with Gasteiger partial charge in [-0.1, -0.05) is 6.42 Å². The Bertz CT molecular complexity index is 839. The number of hydrogen-bond donors (Lipinski definition) is 1. The molecule has 8 nitrogen and oxygen atoms in total. The minimum Gasteiger partial charge on any atom is -0.486 e. The zero-order valence-corrected chi connectivity index (χ0v) is 17.1. The smallest absolute Gasteiger partial charge is 0.243 e. The second-order valence-electron chi connectivity index (χ2n) is 6.60. The van der Waals surface area contributed by atoms with Gasteiger partial charge >= 0.3 is 0 Å². The van der Waals surface area contributed by atoms with Crippen LogP contribution in [0.2, 0.25) is 0 Å². The molecule has 1 aliphatic rings. The zero-order chi connectivity index (χ0) is 18.7. The first kappa shape index (κ1) is 21.6. The van der Waals surface area contributed by atoms with Crippen LogP contribution in [0.4, 0.5) is 0 Å². The van der Waals surface area contributed by atoms with Crippen LogP contribution in [-0.2, 0) is 23.7 Å². The summed E-state index contributed by atoms with van der Waals surface area (Å²) in [6.45, 7) is 2.64. The fraction of sp³-hybridized carbons (Fsp3) is 0.529. The van der Waals surface area contributed by atoms with Gasteiger partial charge in [-0.25, -0.2) is 13.4 Å². The number of aromatic nitrogens is 3. The van der Waals surface area contributed by atoms with Crippen molar-refractivity contribution >= 4 is 22.4 Å². The third kappa shape index (κ3) is 4.78. The van der Waals surface area contributed by atoms with Crippen LogP contribution in [0.1, 0.15) is 32.0 Å². The lowest BCUT2D eigenvalue weighted by molar-refractivity contribution is 0.227. The van der Waals surface area contributed by atoms with E-state index in [9.17, 15) is 8.42 Å². The van der Waals surface area contributed by atoms with Gasteiger partial charge in [0.15, 0.2) is 5.82 Å². The minimum atomic E-state index is -3.57. The number of hydrogen-bond acceptors (Lipinski definition) is 6. The molecular weight excluding hydrogens is 390 g/mol. The molecule has 3 rings (SSSR count). The summed E-state index contributed by atoms with van der Waals surface area (Å²) >= 11 is 0. The van der Waals surface area contributed by atoms with Gasteiger partial charge in [-0.05, 0) is 44.0 Å². The third-order valence-electron chi connectivity index (χ3n) is 4.71. The highest BCUT2D eigenvalue weighted by atomic mass is 35.5. The topological polar surface area (TPSA) is 103 Å². The van der Waals surface area contributed by atoms with Crippen molar-refractivity contribution in [1.82, 2.24) is 19.1 Å². The number of rotatable bonds is 6. The lowest BCUT2D eigenvalue weighted by Crippen LogP contribution is -2.51. The molecule has 10 heteroatoms. The number of halogens is 1. The molecule has 1 aromatic heterocycles. The van der Waals surface area contributed by atoms with E-state index < -0.39 is 10.0 Å². The van der Waals surface area contributed by atoms with Gasteiger partial charge in [0.2, 0.25) is 10.0 Å². The number of nitrogens with zero attached hydrogens (tertiary/aromatic N) is 4. The van der Waals surface area contributed by atoms with Crippen LogP contribution >= 0.6 is 12.4 Å². The predicted molar refractivity (Wildman–Crippen MR) is 104 cm³/mol. The summed E-state index contributed by atoms with van der Waals surface area (Å²) in [7, 11) is -1.78. The van der Waals surface area contributed by atoms with Crippen LogP contribution < -0.4 is 10.5 Å². The molecule has 1 aliphatic heterocycles. The molecule has 0 bridgehead atoms. The maximum atomic E-state index is 13.0. The van der Waals surface area contributed by atoms with Crippen LogP contribution in [0.15, 0.2) is 35.5 Å². The quantitative estimate of drug-likeness (QED) is 0.770. The van der Waals surface area contributed by atoms with E-state index in [1.807, 2.05) is 6.92 Å². The molecule has 0 radical (unpaired) electrons. The first-order chi connectivity index (χ1) is 12.4. The Hall–Kier alpha value is -1.68. The van der Waals surface area contributed by atoms with Gasteiger partial charge in [0.1, 0.15) is 18.7 Å². The molecule has 2 heterocycles. The summed E-state index contributed by atoms with van der Waals surface area (Å²) in [5.74, 6) is 1.27. The van der Waals surface area contributed by atoms with E-state index in [2.05, 4.69) is 10.1 Å². The standard InChI is InChI=1S/C17H25N5O3S.ClH/c1-13(18)16-5-3-4-10-22(16)26(23,24)15-8-6-14(7-9-15)25-11-17-19-12-20-21(17)2;/h6-9,12-13,16H,3-5,10-11,18H2,1-2H3;1H. The normalized spacial score (nSPS) is 19.3. The molecule has 1 aromatic carbocycles. The van der Waals surface area contributed by atoms with Crippen molar-refractivity contribution in [1.29, 1.82) is 0 Å². The van der Waals surface area contributed by atoms with Gasteiger partial charge in [-0.15, -0.1) is 12.4 Å². The lowest BCUT2D eigenvalue weighted by atomic mass is 10.00. The fourth-order valence-corrected chi connectivity index (χ4v) is 4.97. The van der Waals surface area contributed by atoms with E-state index in [1.54, 1.807) is 40.3 Å². The summed E-state index contributed by atoms with van der Waals surface area (Å²) in [5.41, 5.74) is 6.02. The summed E-state index contributed by atoms with van der Waals surface area (Å²) in [6, 6.07) is 6.13. The van der Waals surface area contributed by atoms with E-state index in [4.69, 9.17) is 10.5 Å². The summed E-state index contributed by atoms with van der Waals surface area (Å²) in [6.07, 6.45) is 4.13. The molecule has 1 saturated heterocycles. The fourth-order valence-electron chi connectivity index (χ4n) is 3.20. The molecular formula is C17H26ClN5O3S. The third-order valence-corrected chi connectivity index (χ3v) is 6.65. The van der Waals surface area contributed by atoms with Crippen molar-refractivity contribution in [3.8, 4) is 5.75 Å². The number of aryl methyl sites for hydroxylation is 1. The predicted octanol–water partition coefficient (Wildman–Crippen LogP) is 1.71. The highest BCUT2D eigenvalue weighted by molar-refractivity contribution is 7.89. The summed E-state index contributed by atoms with van der Waals surface area (Å²) < 4.78 is 34.9. The van der Waals surface area contributed by atoms with Crippen molar-refractivity contribution in [2.24, 2.45) is 12.8 Å². The van der Waals surface area contributed by atoms with E-state index in [-0.39, 0.29) is 36.0 Å². The Kier molecular flexibility index (Phi) is 7.21. The SMILES string of the molecule is CC(N)C1CCCCN1S(=O)(=O)c1ccc(OCc2ncnn2C)cc1.Cl. The largest absolute Gasteiger partial charge is 0.486 e. The molecule has 2 N–H and O–H groups in total. The van der Waals surface area contributed by atoms with E-state index in [1.165, 1.54) is 6.33 Å². The molecule has 0 spiro atoms. The van der Waals surface area contributed by atoms with Crippen molar-refractivity contribution in [3.63, 3.8) is 0 Å². The minimum absolute atomic E-state index is 0. The highest BCUT2D eigenvalue weighted by Crippen LogP contribution is 2.27. The molecule has 0 amide bonds. The van der Waals surface area contributed by atoms with Crippen molar-refractivity contribution in [3.05, 3.63) is 36.4 Å². The van der Waals surface area contributed by atoms with Gasteiger partial charge in [0.05, 0.1) is 4.90 Å². The molecule has 27 heavy (non-hydrogen) atoms. The maximum Gasteiger partial charge on any atom is 0.243 e. The van der Waals surface area contributed by atoms with Crippen LogP contribution in [0.3, 0.4) is 0 Å². The Balaban J connectivity index is 0.00000261. The van der Waals surface area contributed by atoms with Gasteiger partial charge < -0.3 is 10.5 Å². The molecule has 0 aliphatic carbocycles. The number of sulfonamides is 1. The molecule has 1 fully saturated rings. The second kappa shape index (κ2) is 9.01. The Morgan fingerprint density at radius 1 is 1.30 bits per heavy atom. The van der Waals surface area contributed by atoms with Crippen LogP contribution in [0.5, 0.6) is 5.75 Å². The molecule has 2 unspecified atom stereocenters. The van der Waals surface area contributed by atoms with E-state index >= 15 is 0 Å². The zero-order valence-electron chi connectivity index (χ0n) is 15.5. The first-order valence-electron chi connectivity index (χ1n) is 8.73. The molecule has 2 aromatic rings. The van der Waals surface area contributed by atoms with Gasteiger partial charge in [0, 0.05) is 25.7 Å². The van der Waals surface area contributed by atoms with E-state index in [0.29, 0.717) is 18.1 Å². The van der Waals surface area contributed by atoms with Gasteiger partial charge in [-0.3, -0.25) is 4.68 Å². The van der Waals surface area contributed by atoms with Gasteiger partial charge in [-0.2, -0.15) is 9.40 Å². The average molecular weight is 416 g/mol. The Morgan fingerprint density at radius 3 is 2.59 bits per heavy atom. The number of benzene rings is 1. The average Bonchev–Trinajstić information content (AvgIpc) is 3.05. The molecule has 2 atom stereocenters. The first-order valence-corrected chi connectivity index (χ1v) is 10.2. The number of ether oxygens (including phenoxy) is 1. The van der Waals surface area contributed by atoms with Crippen LogP contribution in [0.25, 0.3) is 0 Å². The summed E-state index contributed by atoms with van der Waals surface area (Å²) in [5, 5.41) is 3.98. The highest BCUT2D eigenvalue weighted by Gasteiger charge is 2.35. The number of nitrogens with two attached hydrogens (primary N) is 1. The van der Waals surface area contributed by atoms with Crippen LogP contribution in [0, 0.1) is 0 Å².